The molecule has 104 valence electrons. The first-order valence-corrected chi connectivity index (χ1v) is 6.50. The zero-order chi connectivity index (χ0) is 13.8. The lowest BCUT2D eigenvalue weighted by Gasteiger charge is -2.27. The molecule has 1 saturated carbocycles. The second kappa shape index (κ2) is 6.02. The molecule has 0 aliphatic heterocycles. The van der Waals surface area contributed by atoms with Gasteiger partial charge in [0.15, 0.2) is 11.6 Å². The van der Waals surface area contributed by atoms with E-state index < -0.39 is 11.8 Å². The Morgan fingerprint density at radius 1 is 1.42 bits per heavy atom. The first-order valence-electron chi connectivity index (χ1n) is 6.50. The number of aliphatic carboxylic acids is 1. The highest BCUT2D eigenvalue weighted by Crippen LogP contribution is 2.25. The van der Waals surface area contributed by atoms with Gasteiger partial charge in [-0.15, -0.1) is 0 Å². The van der Waals surface area contributed by atoms with Crippen LogP contribution >= 0.6 is 0 Å². The number of carboxylic acids is 1. The maximum Gasteiger partial charge on any atom is 0.306 e. The highest BCUT2D eigenvalue weighted by Gasteiger charge is 2.26. The number of carbonyl (C=O) groups is 1. The molecule has 0 heterocycles. The molecule has 0 amide bonds. The SMILES string of the molecule is O=C(O)C1CCCC(NCc2ccc(O)c(F)c2)C1. The number of aromatic hydroxyl groups is 1. The van der Waals surface area contributed by atoms with Gasteiger partial charge in [-0.2, -0.15) is 0 Å². The van der Waals surface area contributed by atoms with E-state index in [1.807, 2.05) is 0 Å². The van der Waals surface area contributed by atoms with Crippen molar-refractivity contribution >= 4 is 5.97 Å². The van der Waals surface area contributed by atoms with E-state index in [0.717, 1.165) is 24.8 Å². The van der Waals surface area contributed by atoms with Crippen LogP contribution in [0.1, 0.15) is 31.2 Å². The Balaban J connectivity index is 1.87. The fourth-order valence-electron chi connectivity index (χ4n) is 2.52. The molecule has 1 aliphatic carbocycles. The van der Waals surface area contributed by atoms with Crippen LogP contribution in [0.5, 0.6) is 5.75 Å². The fraction of sp³-hybridized carbons (Fsp3) is 0.500. The van der Waals surface area contributed by atoms with Crippen molar-refractivity contribution in [1.82, 2.24) is 5.32 Å². The summed E-state index contributed by atoms with van der Waals surface area (Å²) in [6.07, 6.45) is 3.21. The molecule has 4 nitrogen and oxygen atoms in total. The van der Waals surface area contributed by atoms with Crippen molar-refractivity contribution in [2.75, 3.05) is 0 Å². The lowest BCUT2D eigenvalue weighted by atomic mass is 9.86. The van der Waals surface area contributed by atoms with Crippen molar-refractivity contribution in [2.45, 2.75) is 38.3 Å². The van der Waals surface area contributed by atoms with E-state index in [1.54, 1.807) is 6.07 Å². The Labute approximate surface area is 111 Å². The smallest absolute Gasteiger partial charge is 0.306 e. The van der Waals surface area contributed by atoms with E-state index in [1.165, 1.54) is 12.1 Å². The molecule has 5 heteroatoms. The molecule has 1 aromatic rings. The molecule has 1 aromatic carbocycles. The maximum atomic E-state index is 13.2. The predicted octanol–water partition coefficient (Wildman–Crippen LogP) is 2.26. The molecule has 19 heavy (non-hydrogen) atoms. The van der Waals surface area contributed by atoms with E-state index in [9.17, 15) is 9.18 Å². The Morgan fingerprint density at radius 3 is 2.89 bits per heavy atom. The third-order valence-electron chi connectivity index (χ3n) is 3.63. The van der Waals surface area contributed by atoms with Gasteiger partial charge in [0, 0.05) is 12.6 Å². The van der Waals surface area contributed by atoms with Gasteiger partial charge in [-0.1, -0.05) is 12.5 Å². The number of halogens is 1. The number of phenolic OH excluding ortho intramolecular Hbond substituents is 1. The van der Waals surface area contributed by atoms with Crippen molar-refractivity contribution in [1.29, 1.82) is 0 Å². The molecule has 1 aliphatic rings. The number of carboxylic acid groups (broad SMARTS) is 1. The monoisotopic (exact) mass is 267 g/mol. The number of hydrogen-bond donors (Lipinski definition) is 3. The summed E-state index contributed by atoms with van der Waals surface area (Å²) in [6.45, 7) is 0.480. The van der Waals surface area contributed by atoms with Crippen molar-refractivity contribution in [3.63, 3.8) is 0 Å². The van der Waals surface area contributed by atoms with Crippen LogP contribution in [0.15, 0.2) is 18.2 Å². The van der Waals surface area contributed by atoms with Gasteiger partial charge in [0.2, 0.25) is 0 Å². The lowest BCUT2D eigenvalue weighted by molar-refractivity contribution is -0.143. The summed E-state index contributed by atoms with van der Waals surface area (Å²) in [4.78, 5) is 11.0. The van der Waals surface area contributed by atoms with Crippen LogP contribution in [0, 0.1) is 11.7 Å². The van der Waals surface area contributed by atoms with E-state index in [0.29, 0.717) is 13.0 Å². The topological polar surface area (TPSA) is 69.6 Å². The quantitative estimate of drug-likeness (QED) is 0.782. The van der Waals surface area contributed by atoms with Crippen molar-refractivity contribution in [3.05, 3.63) is 29.6 Å². The average Bonchev–Trinajstić information content (AvgIpc) is 2.40. The van der Waals surface area contributed by atoms with Crippen molar-refractivity contribution in [2.24, 2.45) is 5.92 Å². The van der Waals surface area contributed by atoms with E-state index in [4.69, 9.17) is 10.2 Å². The first-order chi connectivity index (χ1) is 9.06. The van der Waals surface area contributed by atoms with Crippen LogP contribution in [0.3, 0.4) is 0 Å². The Morgan fingerprint density at radius 2 is 2.21 bits per heavy atom. The van der Waals surface area contributed by atoms with Gasteiger partial charge in [-0.25, -0.2) is 4.39 Å². The maximum absolute atomic E-state index is 13.2. The standard InChI is InChI=1S/C14H18FNO3/c15-12-6-9(4-5-13(12)17)8-16-11-3-1-2-10(7-11)14(18)19/h4-6,10-11,16-17H,1-3,7-8H2,(H,18,19). The summed E-state index contributed by atoms with van der Waals surface area (Å²) < 4.78 is 13.2. The summed E-state index contributed by atoms with van der Waals surface area (Å²) in [5, 5.41) is 21.4. The molecule has 0 radical (unpaired) electrons. The third kappa shape index (κ3) is 3.67. The van der Waals surface area contributed by atoms with Gasteiger partial charge in [0.05, 0.1) is 5.92 Å². The molecule has 2 rings (SSSR count). The van der Waals surface area contributed by atoms with Crippen LogP contribution in [0.4, 0.5) is 4.39 Å². The summed E-state index contributed by atoms with van der Waals surface area (Å²) in [5.41, 5.74) is 0.743. The van der Waals surface area contributed by atoms with Gasteiger partial charge in [0.1, 0.15) is 0 Å². The minimum atomic E-state index is -0.734. The number of phenols is 1. The minimum Gasteiger partial charge on any atom is -0.505 e. The average molecular weight is 267 g/mol. The molecule has 3 N–H and O–H groups in total. The second-order valence-corrected chi connectivity index (χ2v) is 5.07. The Kier molecular flexibility index (Phi) is 4.37. The summed E-state index contributed by atoms with van der Waals surface area (Å²) in [7, 11) is 0. The largest absolute Gasteiger partial charge is 0.505 e. The lowest BCUT2D eigenvalue weighted by Crippen LogP contribution is -2.36. The number of hydrogen-bond acceptors (Lipinski definition) is 3. The van der Waals surface area contributed by atoms with Crippen LogP contribution in [-0.4, -0.2) is 22.2 Å². The minimum absolute atomic E-state index is 0.159. The molecule has 0 aromatic heterocycles. The predicted molar refractivity (Wildman–Crippen MR) is 68.3 cm³/mol. The van der Waals surface area contributed by atoms with Crippen LogP contribution in [0.2, 0.25) is 0 Å². The van der Waals surface area contributed by atoms with Crippen LogP contribution in [-0.2, 0) is 11.3 Å². The summed E-state index contributed by atoms with van der Waals surface area (Å²) >= 11 is 0. The molecule has 0 saturated heterocycles. The third-order valence-corrected chi connectivity index (χ3v) is 3.63. The highest BCUT2D eigenvalue weighted by molar-refractivity contribution is 5.70. The van der Waals surface area contributed by atoms with Crippen molar-refractivity contribution < 1.29 is 19.4 Å². The zero-order valence-electron chi connectivity index (χ0n) is 10.6. The van der Waals surface area contributed by atoms with Crippen LogP contribution in [0.25, 0.3) is 0 Å². The first kappa shape index (κ1) is 13.8. The number of nitrogens with one attached hydrogen (secondary N) is 1. The fourth-order valence-corrected chi connectivity index (χ4v) is 2.52. The number of rotatable bonds is 4. The molecule has 1 fully saturated rings. The normalized spacial score (nSPS) is 23.2. The zero-order valence-corrected chi connectivity index (χ0v) is 10.6. The van der Waals surface area contributed by atoms with Gasteiger partial charge in [-0.05, 0) is 37.0 Å². The molecule has 0 bridgehead atoms. The van der Waals surface area contributed by atoms with E-state index in [2.05, 4.69) is 5.32 Å². The molecule has 2 unspecified atom stereocenters. The van der Waals surface area contributed by atoms with Gasteiger partial charge < -0.3 is 15.5 Å². The van der Waals surface area contributed by atoms with Gasteiger partial charge >= 0.3 is 5.97 Å². The van der Waals surface area contributed by atoms with E-state index >= 15 is 0 Å². The summed E-state index contributed by atoms with van der Waals surface area (Å²) in [5.74, 6) is -2.00. The molecule has 0 spiro atoms. The Bertz CT molecular complexity index is 464. The number of benzene rings is 1. The molecular weight excluding hydrogens is 249 g/mol. The van der Waals surface area contributed by atoms with E-state index in [-0.39, 0.29) is 17.7 Å². The second-order valence-electron chi connectivity index (χ2n) is 5.07. The molecule has 2 atom stereocenters. The summed E-state index contributed by atoms with van der Waals surface area (Å²) in [6, 6.07) is 4.43. The van der Waals surface area contributed by atoms with Gasteiger partial charge in [-0.3, -0.25) is 4.79 Å². The van der Waals surface area contributed by atoms with Crippen molar-refractivity contribution in [3.8, 4) is 5.75 Å². The van der Waals surface area contributed by atoms with Gasteiger partial charge in [0.25, 0.3) is 0 Å². The molecular formula is C14H18FNO3. The highest BCUT2D eigenvalue weighted by atomic mass is 19.1. The Hall–Kier alpha value is -1.62. The van der Waals surface area contributed by atoms with Crippen LogP contribution < -0.4 is 5.32 Å².